The minimum atomic E-state index is -0.362. The Balaban J connectivity index is 2.51. The number of nitrogens with zero attached hydrogens (tertiary/aromatic N) is 2. The molecule has 0 atom stereocenters. The summed E-state index contributed by atoms with van der Waals surface area (Å²) in [6, 6.07) is 5.76. The molecule has 2 aromatic heterocycles. The van der Waals surface area contributed by atoms with Crippen molar-refractivity contribution in [2.75, 3.05) is 0 Å². The van der Waals surface area contributed by atoms with Gasteiger partial charge in [-0.2, -0.15) is 5.10 Å². The topological polar surface area (TPSA) is 34.4 Å². The Morgan fingerprint density at radius 3 is 2.71 bits per heavy atom. The third kappa shape index (κ3) is 1.86. The molecule has 0 aliphatic carbocycles. The van der Waals surface area contributed by atoms with Gasteiger partial charge in [0.05, 0.1) is 17.3 Å². The summed E-state index contributed by atoms with van der Waals surface area (Å²) in [7, 11) is 0. The van der Waals surface area contributed by atoms with Crippen molar-refractivity contribution in [3.05, 3.63) is 36.2 Å². The van der Waals surface area contributed by atoms with E-state index in [-0.39, 0.29) is 11.2 Å². The van der Waals surface area contributed by atoms with Crippen molar-refractivity contribution in [3.63, 3.8) is 0 Å². The third-order valence-corrected chi connectivity index (χ3v) is 3.70. The zero-order chi connectivity index (χ0) is 12.6. The Kier molecular flexibility index (Phi) is 2.77. The summed E-state index contributed by atoms with van der Waals surface area (Å²) in [4.78, 5) is 12.5. The molecule has 0 aliphatic rings. The lowest BCUT2D eigenvalue weighted by Crippen LogP contribution is -2.29. The number of pyridine rings is 1. The van der Waals surface area contributed by atoms with Gasteiger partial charge in [0.15, 0.2) is 5.78 Å². The van der Waals surface area contributed by atoms with Gasteiger partial charge in [-0.05, 0) is 18.1 Å². The standard InChI is InChI=1S/C14H18N2O/c1-10(2)14(3,4)13(17)11-9-15-16-8-6-5-7-12(11)16/h5-10H,1-4H3. The van der Waals surface area contributed by atoms with Crippen molar-refractivity contribution in [2.24, 2.45) is 11.3 Å². The number of Topliss-reactive ketones (excluding diaryl/α,β-unsaturated/α-hetero) is 1. The second-order valence-electron chi connectivity index (χ2n) is 5.29. The molecule has 90 valence electrons. The molecule has 0 saturated carbocycles. The molecule has 0 spiro atoms. The van der Waals surface area contributed by atoms with Crippen molar-refractivity contribution in [1.29, 1.82) is 0 Å². The molecule has 0 unspecified atom stereocenters. The van der Waals surface area contributed by atoms with Crippen LogP contribution in [0.1, 0.15) is 38.1 Å². The van der Waals surface area contributed by atoms with E-state index in [9.17, 15) is 4.79 Å². The van der Waals surface area contributed by atoms with E-state index in [1.807, 2.05) is 38.2 Å². The predicted molar refractivity (Wildman–Crippen MR) is 68.1 cm³/mol. The smallest absolute Gasteiger partial charge is 0.172 e. The van der Waals surface area contributed by atoms with Crippen LogP contribution < -0.4 is 0 Å². The number of ketones is 1. The fraction of sp³-hybridized carbons (Fsp3) is 0.429. The second-order valence-corrected chi connectivity index (χ2v) is 5.29. The van der Waals surface area contributed by atoms with Gasteiger partial charge in [-0.1, -0.05) is 33.8 Å². The maximum Gasteiger partial charge on any atom is 0.172 e. The fourth-order valence-electron chi connectivity index (χ4n) is 1.72. The maximum absolute atomic E-state index is 12.5. The number of hydrogen-bond donors (Lipinski definition) is 0. The number of hydrogen-bond acceptors (Lipinski definition) is 2. The first-order valence-corrected chi connectivity index (χ1v) is 5.91. The highest BCUT2D eigenvalue weighted by Crippen LogP contribution is 2.31. The van der Waals surface area contributed by atoms with Gasteiger partial charge in [0.1, 0.15) is 0 Å². The molecule has 2 heterocycles. The molecule has 0 aromatic carbocycles. The molecule has 0 bridgehead atoms. The minimum Gasteiger partial charge on any atom is -0.293 e. The van der Waals surface area contributed by atoms with Gasteiger partial charge in [-0.25, -0.2) is 4.52 Å². The lowest BCUT2D eigenvalue weighted by molar-refractivity contribution is 0.0774. The summed E-state index contributed by atoms with van der Waals surface area (Å²) in [5.41, 5.74) is 1.23. The van der Waals surface area contributed by atoms with Crippen LogP contribution in [0.15, 0.2) is 30.6 Å². The van der Waals surface area contributed by atoms with Crippen LogP contribution >= 0.6 is 0 Å². The van der Waals surface area contributed by atoms with Gasteiger partial charge in [0.25, 0.3) is 0 Å². The molecule has 0 saturated heterocycles. The van der Waals surface area contributed by atoms with Crippen molar-refractivity contribution >= 4 is 11.3 Å². The van der Waals surface area contributed by atoms with E-state index < -0.39 is 0 Å². The van der Waals surface area contributed by atoms with Crippen molar-refractivity contribution in [3.8, 4) is 0 Å². The predicted octanol–water partition coefficient (Wildman–Crippen LogP) is 3.20. The molecule has 3 nitrogen and oxygen atoms in total. The Hall–Kier alpha value is -1.64. The van der Waals surface area contributed by atoms with Crippen LogP contribution in [0.5, 0.6) is 0 Å². The lowest BCUT2D eigenvalue weighted by atomic mass is 9.75. The molecular formula is C14H18N2O. The molecule has 3 heteroatoms. The van der Waals surface area contributed by atoms with Gasteiger partial charge in [-0.15, -0.1) is 0 Å². The van der Waals surface area contributed by atoms with E-state index >= 15 is 0 Å². The molecule has 0 radical (unpaired) electrons. The fourth-order valence-corrected chi connectivity index (χ4v) is 1.72. The highest BCUT2D eigenvalue weighted by atomic mass is 16.1. The normalized spacial score (nSPS) is 12.3. The SMILES string of the molecule is CC(C)C(C)(C)C(=O)c1cnn2ccccc12. The molecule has 0 amide bonds. The van der Waals surface area contributed by atoms with Crippen LogP contribution in [0, 0.1) is 11.3 Å². The third-order valence-electron chi connectivity index (χ3n) is 3.70. The van der Waals surface area contributed by atoms with E-state index in [1.165, 1.54) is 0 Å². The van der Waals surface area contributed by atoms with Crippen LogP contribution in [-0.4, -0.2) is 15.4 Å². The molecule has 2 rings (SSSR count). The summed E-state index contributed by atoms with van der Waals surface area (Å²) in [5, 5.41) is 4.21. The number of aromatic nitrogens is 2. The zero-order valence-electron chi connectivity index (χ0n) is 10.8. The number of carbonyl (C=O) groups is 1. The number of fused-ring (bicyclic) bond motifs is 1. The average Bonchev–Trinajstić information content (AvgIpc) is 2.71. The average molecular weight is 230 g/mol. The van der Waals surface area contributed by atoms with Crippen LogP contribution in [0.4, 0.5) is 0 Å². The first-order valence-electron chi connectivity index (χ1n) is 5.91. The summed E-state index contributed by atoms with van der Waals surface area (Å²) < 4.78 is 1.74. The first-order chi connectivity index (χ1) is 7.94. The van der Waals surface area contributed by atoms with Gasteiger partial charge in [0, 0.05) is 11.6 Å². The Labute approximate surface area is 101 Å². The van der Waals surface area contributed by atoms with Crippen LogP contribution in [0.3, 0.4) is 0 Å². The largest absolute Gasteiger partial charge is 0.293 e. The van der Waals surface area contributed by atoms with E-state index in [1.54, 1.807) is 10.7 Å². The molecule has 0 fully saturated rings. The highest BCUT2D eigenvalue weighted by molar-refractivity contribution is 6.05. The first kappa shape index (κ1) is 11.8. The summed E-state index contributed by atoms with van der Waals surface area (Å²) in [6.07, 6.45) is 3.52. The van der Waals surface area contributed by atoms with E-state index in [0.717, 1.165) is 5.52 Å². The van der Waals surface area contributed by atoms with Crippen LogP contribution in [0.2, 0.25) is 0 Å². The number of carbonyl (C=O) groups excluding carboxylic acids is 1. The van der Waals surface area contributed by atoms with Crippen molar-refractivity contribution in [1.82, 2.24) is 9.61 Å². The second kappa shape index (κ2) is 3.99. The van der Waals surface area contributed by atoms with Crippen LogP contribution in [-0.2, 0) is 0 Å². The minimum absolute atomic E-state index is 0.161. The number of rotatable bonds is 3. The molecule has 0 N–H and O–H groups in total. The maximum atomic E-state index is 12.5. The molecular weight excluding hydrogens is 212 g/mol. The monoisotopic (exact) mass is 230 g/mol. The molecule has 0 aliphatic heterocycles. The quantitative estimate of drug-likeness (QED) is 0.759. The van der Waals surface area contributed by atoms with Crippen LogP contribution in [0.25, 0.3) is 5.52 Å². The van der Waals surface area contributed by atoms with Gasteiger partial charge in [-0.3, -0.25) is 4.79 Å². The Morgan fingerprint density at radius 1 is 1.35 bits per heavy atom. The van der Waals surface area contributed by atoms with Crippen molar-refractivity contribution < 1.29 is 4.79 Å². The van der Waals surface area contributed by atoms with Crippen molar-refractivity contribution in [2.45, 2.75) is 27.7 Å². The highest BCUT2D eigenvalue weighted by Gasteiger charge is 2.33. The molecule has 2 aromatic rings. The summed E-state index contributed by atoms with van der Waals surface area (Å²) in [5.74, 6) is 0.461. The van der Waals surface area contributed by atoms with Gasteiger partial charge in [0.2, 0.25) is 0 Å². The van der Waals surface area contributed by atoms with E-state index in [0.29, 0.717) is 11.5 Å². The Morgan fingerprint density at radius 2 is 2.06 bits per heavy atom. The lowest BCUT2D eigenvalue weighted by Gasteiger charge is -2.27. The summed E-state index contributed by atoms with van der Waals surface area (Å²) in [6.45, 7) is 8.13. The zero-order valence-corrected chi connectivity index (χ0v) is 10.8. The van der Waals surface area contributed by atoms with E-state index in [4.69, 9.17) is 0 Å². The molecule has 17 heavy (non-hydrogen) atoms. The van der Waals surface area contributed by atoms with E-state index in [2.05, 4.69) is 18.9 Å². The Bertz CT molecular complexity index is 552. The summed E-state index contributed by atoms with van der Waals surface area (Å²) >= 11 is 0. The van der Waals surface area contributed by atoms with Gasteiger partial charge < -0.3 is 0 Å². The van der Waals surface area contributed by atoms with Gasteiger partial charge >= 0.3 is 0 Å².